The lowest BCUT2D eigenvalue weighted by Crippen LogP contribution is -2.61. The van der Waals surface area contributed by atoms with Crippen LogP contribution < -0.4 is 5.32 Å². The molecular weight excluding hydrogens is 622 g/mol. The SMILES string of the molecule is COC[C@@H](c1ccccc1)N(Cc1ccc(C(=O)OC)cc1)C(=O)[C@@H]1Cc2ccccc2CN1C(=O)[C@@H](NC(=O)OC(C)(C)C)C(C)(C)C. The third kappa shape index (κ3) is 9.47. The molecule has 0 bridgehead atoms. The maximum atomic E-state index is 15.1. The van der Waals surface area contributed by atoms with Crippen LogP contribution in [0.4, 0.5) is 4.79 Å². The Kier molecular flexibility index (Phi) is 11.9. The van der Waals surface area contributed by atoms with Crippen molar-refractivity contribution < 1.29 is 33.4 Å². The van der Waals surface area contributed by atoms with Crippen LogP contribution in [0.1, 0.15) is 80.2 Å². The van der Waals surface area contributed by atoms with Gasteiger partial charge in [0.15, 0.2) is 0 Å². The van der Waals surface area contributed by atoms with Gasteiger partial charge < -0.3 is 29.3 Å². The van der Waals surface area contributed by atoms with Crippen LogP contribution in [0.2, 0.25) is 0 Å². The number of nitrogens with one attached hydrogen (secondary N) is 1. The fraction of sp³-hybridized carbons (Fsp3) is 0.436. The zero-order valence-electron chi connectivity index (χ0n) is 29.8. The van der Waals surface area contributed by atoms with Crippen LogP contribution in [0.15, 0.2) is 78.9 Å². The second-order valence-corrected chi connectivity index (χ2v) is 14.4. The molecule has 0 aromatic heterocycles. The number of rotatable bonds is 10. The van der Waals surface area contributed by atoms with E-state index in [1.807, 2.05) is 75.4 Å². The lowest BCUT2D eigenvalue weighted by atomic mass is 9.84. The number of nitrogens with zero attached hydrogens (tertiary/aromatic N) is 2. The van der Waals surface area contributed by atoms with Crippen molar-refractivity contribution >= 4 is 23.9 Å². The molecule has 0 aliphatic carbocycles. The minimum Gasteiger partial charge on any atom is -0.465 e. The first-order valence-corrected chi connectivity index (χ1v) is 16.5. The zero-order chi connectivity index (χ0) is 35.9. The van der Waals surface area contributed by atoms with Crippen LogP contribution in [0, 0.1) is 5.41 Å². The molecule has 1 aliphatic heterocycles. The Morgan fingerprint density at radius 2 is 1.47 bits per heavy atom. The molecule has 49 heavy (non-hydrogen) atoms. The Hall–Kier alpha value is -4.70. The highest BCUT2D eigenvalue weighted by Crippen LogP contribution is 2.32. The number of methoxy groups -OCH3 is 2. The number of ether oxygens (including phenoxy) is 3. The van der Waals surface area contributed by atoms with Crippen molar-refractivity contribution in [2.24, 2.45) is 5.41 Å². The number of hydrogen-bond donors (Lipinski definition) is 1. The highest BCUT2D eigenvalue weighted by atomic mass is 16.6. The Bertz CT molecular complexity index is 1610. The fourth-order valence-electron chi connectivity index (χ4n) is 6.01. The topological polar surface area (TPSA) is 114 Å². The van der Waals surface area contributed by atoms with Crippen LogP contribution >= 0.6 is 0 Å². The Labute approximate surface area is 289 Å². The van der Waals surface area contributed by atoms with Crippen molar-refractivity contribution in [3.8, 4) is 0 Å². The van der Waals surface area contributed by atoms with Gasteiger partial charge in [0.2, 0.25) is 11.8 Å². The van der Waals surface area contributed by atoms with Crippen molar-refractivity contribution in [1.82, 2.24) is 15.1 Å². The van der Waals surface area contributed by atoms with Crippen molar-refractivity contribution in [2.45, 2.75) is 84.8 Å². The van der Waals surface area contributed by atoms with Crippen molar-refractivity contribution in [2.75, 3.05) is 20.8 Å². The predicted octanol–water partition coefficient (Wildman–Crippen LogP) is 6.08. The average Bonchev–Trinajstić information content (AvgIpc) is 3.06. The smallest absolute Gasteiger partial charge is 0.408 e. The molecule has 0 unspecified atom stereocenters. The summed E-state index contributed by atoms with van der Waals surface area (Å²) in [7, 11) is 2.92. The minimum atomic E-state index is -0.980. The summed E-state index contributed by atoms with van der Waals surface area (Å²) in [4.78, 5) is 58.3. The van der Waals surface area contributed by atoms with E-state index >= 15 is 4.79 Å². The van der Waals surface area contributed by atoms with Crippen LogP contribution in [0.3, 0.4) is 0 Å². The van der Waals surface area contributed by atoms with Crippen LogP contribution in [-0.4, -0.2) is 72.2 Å². The molecule has 10 nitrogen and oxygen atoms in total. The van der Waals surface area contributed by atoms with Gasteiger partial charge in [-0.15, -0.1) is 0 Å². The van der Waals surface area contributed by atoms with E-state index in [2.05, 4.69) is 5.32 Å². The summed E-state index contributed by atoms with van der Waals surface area (Å²) >= 11 is 0. The fourth-order valence-corrected chi connectivity index (χ4v) is 6.01. The summed E-state index contributed by atoms with van der Waals surface area (Å²) in [6.07, 6.45) is -0.418. The summed E-state index contributed by atoms with van der Waals surface area (Å²) in [6, 6.07) is 22.0. The van der Waals surface area contributed by atoms with Gasteiger partial charge >= 0.3 is 12.1 Å². The molecule has 0 saturated carbocycles. The normalized spacial score (nSPS) is 15.8. The molecule has 262 valence electrons. The molecule has 0 saturated heterocycles. The van der Waals surface area contributed by atoms with Gasteiger partial charge in [0, 0.05) is 26.6 Å². The van der Waals surface area contributed by atoms with E-state index in [1.54, 1.807) is 61.9 Å². The van der Waals surface area contributed by atoms with Crippen LogP contribution in [0.5, 0.6) is 0 Å². The van der Waals surface area contributed by atoms with E-state index in [4.69, 9.17) is 14.2 Å². The lowest BCUT2D eigenvalue weighted by Gasteiger charge is -2.43. The quantitative estimate of drug-likeness (QED) is 0.260. The summed E-state index contributed by atoms with van der Waals surface area (Å²) in [5, 5.41) is 2.82. The van der Waals surface area contributed by atoms with Crippen molar-refractivity contribution in [1.29, 1.82) is 0 Å². The third-order valence-electron chi connectivity index (χ3n) is 8.49. The number of carbonyl (C=O) groups excluding carboxylic acids is 4. The monoisotopic (exact) mass is 671 g/mol. The molecule has 3 aromatic rings. The number of fused-ring (bicyclic) bond motifs is 1. The molecule has 1 heterocycles. The number of amides is 3. The van der Waals surface area contributed by atoms with Gasteiger partial charge in [0.1, 0.15) is 17.7 Å². The van der Waals surface area contributed by atoms with Crippen LogP contribution in [0.25, 0.3) is 0 Å². The molecule has 0 radical (unpaired) electrons. The molecule has 0 spiro atoms. The first-order valence-electron chi connectivity index (χ1n) is 16.5. The van der Waals surface area contributed by atoms with Gasteiger partial charge in [-0.3, -0.25) is 9.59 Å². The van der Waals surface area contributed by atoms with Crippen LogP contribution in [-0.2, 0) is 43.3 Å². The summed E-state index contributed by atoms with van der Waals surface area (Å²) in [6.45, 7) is 11.5. The van der Waals surface area contributed by atoms with E-state index in [1.165, 1.54) is 7.11 Å². The van der Waals surface area contributed by atoms with E-state index in [-0.39, 0.29) is 37.9 Å². The molecule has 3 atom stereocenters. The highest BCUT2D eigenvalue weighted by molar-refractivity contribution is 5.93. The number of benzene rings is 3. The second-order valence-electron chi connectivity index (χ2n) is 14.4. The summed E-state index contributed by atoms with van der Waals surface area (Å²) in [5.74, 6) is -1.10. The molecule has 10 heteroatoms. The minimum absolute atomic E-state index is 0.183. The van der Waals surface area contributed by atoms with Gasteiger partial charge in [-0.05, 0) is 60.6 Å². The molecular formula is C39H49N3O7. The van der Waals surface area contributed by atoms with Crippen molar-refractivity contribution in [3.63, 3.8) is 0 Å². The van der Waals surface area contributed by atoms with Gasteiger partial charge in [-0.1, -0.05) is 87.5 Å². The van der Waals surface area contributed by atoms with E-state index in [0.29, 0.717) is 5.56 Å². The Morgan fingerprint density at radius 1 is 0.857 bits per heavy atom. The number of esters is 1. The average molecular weight is 672 g/mol. The molecule has 3 amide bonds. The van der Waals surface area contributed by atoms with E-state index < -0.39 is 41.2 Å². The maximum absolute atomic E-state index is 15.1. The molecule has 1 N–H and O–H groups in total. The Balaban J connectivity index is 1.79. The largest absolute Gasteiger partial charge is 0.465 e. The van der Waals surface area contributed by atoms with Gasteiger partial charge in [0.05, 0.1) is 25.3 Å². The number of hydrogen-bond acceptors (Lipinski definition) is 7. The van der Waals surface area contributed by atoms with Gasteiger partial charge in [0.25, 0.3) is 0 Å². The molecule has 1 aliphatic rings. The number of carbonyl (C=O) groups is 4. The lowest BCUT2D eigenvalue weighted by molar-refractivity contribution is -0.152. The third-order valence-corrected chi connectivity index (χ3v) is 8.49. The first-order chi connectivity index (χ1) is 23.1. The van der Waals surface area contributed by atoms with Gasteiger partial charge in [-0.2, -0.15) is 0 Å². The van der Waals surface area contributed by atoms with Crippen molar-refractivity contribution in [3.05, 3.63) is 107 Å². The first kappa shape index (κ1) is 37.1. The second kappa shape index (κ2) is 15.7. The standard InChI is InChI=1S/C39H49N3O7/c1-38(2,3)33(40-37(46)49-39(4,5)6)35(44)42-24-30-17-13-12-16-29(30)22-31(42)34(43)41(32(25-47-7)27-14-10-9-11-15-27)23-26-18-20-28(21-19-26)36(45)48-8/h9-21,31-33H,22-25H2,1-8H3,(H,40,46)/t31-,32-,33+/m0/s1. The highest BCUT2D eigenvalue weighted by Gasteiger charge is 2.44. The summed E-state index contributed by atoms with van der Waals surface area (Å²) in [5.41, 5.74) is 2.49. The molecule has 4 rings (SSSR count). The van der Waals surface area contributed by atoms with Gasteiger partial charge in [-0.25, -0.2) is 9.59 Å². The summed E-state index contributed by atoms with van der Waals surface area (Å²) < 4.78 is 16.1. The molecule has 3 aromatic carbocycles. The predicted molar refractivity (Wildman–Crippen MR) is 186 cm³/mol. The maximum Gasteiger partial charge on any atom is 0.408 e. The van der Waals surface area contributed by atoms with E-state index in [0.717, 1.165) is 22.3 Å². The number of alkyl carbamates (subject to hydrolysis) is 1. The molecule has 0 fully saturated rings. The zero-order valence-corrected chi connectivity index (χ0v) is 29.8. The van der Waals surface area contributed by atoms with E-state index in [9.17, 15) is 14.4 Å². The Morgan fingerprint density at radius 3 is 2.04 bits per heavy atom.